The van der Waals surface area contributed by atoms with Crippen LogP contribution in [0.3, 0.4) is 0 Å². The van der Waals surface area contributed by atoms with Crippen molar-refractivity contribution in [1.82, 2.24) is 0 Å². The zero-order valence-corrected chi connectivity index (χ0v) is 30.5. The maximum Gasteiger partial charge on any atom is 0.306 e. The highest BCUT2D eigenvalue weighted by atomic mass is 16.6. The first-order chi connectivity index (χ1) is 22.9. The molecule has 0 aromatic heterocycles. The van der Waals surface area contributed by atoms with Crippen LogP contribution in [-0.4, -0.2) is 48.3 Å². The van der Waals surface area contributed by atoms with Crippen molar-refractivity contribution in [3.05, 3.63) is 0 Å². The number of hydrogen-bond donors (Lipinski definition) is 1. The number of carboxylic acid groups (broad SMARTS) is 1. The van der Waals surface area contributed by atoms with Crippen molar-refractivity contribution >= 4 is 23.9 Å². The predicted molar refractivity (Wildman–Crippen MR) is 189 cm³/mol. The molecule has 0 saturated carbocycles. The molecule has 0 amide bonds. The molecule has 1 atom stereocenters. The fraction of sp³-hybridized carbons (Fsp3) is 0.897. The highest BCUT2D eigenvalue weighted by Crippen LogP contribution is 2.15. The Morgan fingerprint density at radius 2 is 0.702 bits per heavy atom. The van der Waals surface area contributed by atoms with E-state index >= 15 is 0 Å². The SMILES string of the molecule is CCCCCCCCCCCCCCCC(=O)OC[C@@H](COC(=O)CCC(=O)O)OC(=O)CCCCCCCCCCCCCCC. The topological polar surface area (TPSA) is 116 Å². The highest BCUT2D eigenvalue weighted by molar-refractivity contribution is 5.76. The standard InChI is InChI=1S/C39H72O8/c1-3-5-7-9-11-13-15-17-19-21-23-25-27-29-37(42)45-33-35(34-46-38(43)32-31-36(40)41)47-39(44)30-28-26-24-22-20-18-16-14-12-10-8-6-4-2/h35H,3-34H2,1-2H3,(H,40,41)/t35-/m0/s1. The van der Waals surface area contributed by atoms with E-state index in [1.165, 1.54) is 128 Å². The van der Waals surface area contributed by atoms with Crippen molar-refractivity contribution in [3.8, 4) is 0 Å². The van der Waals surface area contributed by atoms with E-state index in [1.807, 2.05) is 0 Å². The first-order valence-corrected chi connectivity index (χ1v) is 19.6. The lowest BCUT2D eigenvalue weighted by molar-refractivity contribution is -0.167. The summed E-state index contributed by atoms with van der Waals surface area (Å²) in [5.74, 6) is -2.55. The predicted octanol–water partition coefficient (Wildman–Crippen LogP) is 10.8. The summed E-state index contributed by atoms with van der Waals surface area (Å²) in [6, 6.07) is 0. The van der Waals surface area contributed by atoms with Crippen LogP contribution in [0, 0.1) is 0 Å². The van der Waals surface area contributed by atoms with Gasteiger partial charge in [0.15, 0.2) is 6.10 Å². The van der Waals surface area contributed by atoms with Crippen LogP contribution in [-0.2, 0) is 33.4 Å². The fourth-order valence-corrected chi connectivity index (χ4v) is 5.66. The molecule has 8 heteroatoms. The molecule has 0 bridgehead atoms. The highest BCUT2D eigenvalue weighted by Gasteiger charge is 2.20. The van der Waals surface area contributed by atoms with Crippen molar-refractivity contribution in [2.75, 3.05) is 13.2 Å². The Hall–Kier alpha value is -2.12. The monoisotopic (exact) mass is 669 g/mol. The van der Waals surface area contributed by atoms with Crippen LogP contribution in [0.1, 0.15) is 206 Å². The van der Waals surface area contributed by atoms with Crippen LogP contribution in [0.4, 0.5) is 0 Å². The molecule has 0 aromatic rings. The molecular weight excluding hydrogens is 596 g/mol. The Morgan fingerprint density at radius 3 is 1.04 bits per heavy atom. The summed E-state index contributed by atoms with van der Waals surface area (Å²) >= 11 is 0. The first kappa shape index (κ1) is 44.9. The summed E-state index contributed by atoms with van der Waals surface area (Å²) in [5.41, 5.74) is 0. The molecule has 276 valence electrons. The van der Waals surface area contributed by atoms with Gasteiger partial charge in [-0.05, 0) is 12.8 Å². The van der Waals surface area contributed by atoms with Crippen molar-refractivity contribution in [3.63, 3.8) is 0 Å². The third-order valence-electron chi connectivity index (χ3n) is 8.67. The summed E-state index contributed by atoms with van der Waals surface area (Å²) in [7, 11) is 0. The molecule has 0 fully saturated rings. The molecule has 0 aliphatic carbocycles. The third-order valence-corrected chi connectivity index (χ3v) is 8.67. The van der Waals surface area contributed by atoms with E-state index in [9.17, 15) is 19.2 Å². The Labute approximate surface area is 287 Å². The summed E-state index contributed by atoms with van der Waals surface area (Å²) in [6.07, 6.45) is 30.8. The maximum absolute atomic E-state index is 12.5. The quantitative estimate of drug-likeness (QED) is 0.0398. The third kappa shape index (κ3) is 35.0. The van der Waals surface area contributed by atoms with Gasteiger partial charge in [0.1, 0.15) is 13.2 Å². The number of esters is 3. The van der Waals surface area contributed by atoms with Gasteiger partial charge >= 0.3 is 23.9 Å². The number of carbonyl (C=O) groups excluding carboxylic acids is 3. The molecule has 0 spiro atoms. The molecule has 0 radical (unpaired) electrons. The molecular formula is C39H72O8. The molecule has 0 aliphatic rings. The van der Waals surface area contributed by atoms with Gasteiger partial charge < -0.3 is 19.3 Å². The van der Waals surface area contributed by atoms with Gasteiger partial charge in [-0.25, -0.2) is 0 Å². The van der Waals surface area contributed by atoms with Crippen molar-refractivity contribution < 1.29 is 38.5 Å². The Balaban J connectivity index is 4.14. The van der Waals surface area contributed by atoms with Gasteiger partial charge in [0.2, 0.25) is 0 Å². The van der Waals surface area contributed by atoms with E-state index in [2.05, 4.69) is 13.8 Å². The van der Waals surface area contributed by atoms with Gasteiger partial charge in [0.05, 0.1) is 12.8 Å². The molecule has 0 aromatic carbocycles. The van der Waals surface area contributed by atoms with Crippen LogP contribution < -0.4 is 0 Å². The molecule has 0 heterocycles. The van der Waals surface area contributed by atoms with Crippen LogP contribution in [0.2, 0.25) is 0 Å². The zero-order valence-electron chi connectivity index (χ0n) is 30.5. The lowest BCUT2D eigenvalue weighted by Crippen LogP contribution is -2.31. The van der Waals surface area contributed by atoms with E-state index in [0.29, 0.717) is 6.42 Å². The second-order valence-corrected chi connectivity index (χ2v) is 13.4. The van der Waals surface area contributed by atoms with Gasteiger partial charge in [0.25, 0.3) is 0 Å². The fourth-order valence-electron chi connectivity index (χ4n) is 5.66. The zero-order chi connectivity index (χ0) is 34.6. The van der Waals surface area contributed by atoms with Crippen LogP contribution in [0.5, 0.6) is 0 Å². The number of ether oxygens (including phenoxy) is 3. The minimum atomic E-state index is -1.09. The summed E-state index contributed by atoms with van der Waals surface area (Å²) in [6.45, 7) is 4.04. The van der Waals surface area contributed by atoms with E-state index in [4.69, 9.17) is 19.3 Å². The number of rotatable bonds is 36. The second-order valence-electron chi connectivity index (χ2n) is 13.4. The molecule has 8 nitrogen and oxygen atoms in total. The van der Waals surface area contributed by atoms with Crippen molar-refractivity contribution in [2.45, 2.75) is 213 Å². The normalized spacial score (nSPS) is 11.7. The Morgan fingerprint density at radius 1 is 0.404 bits per heavy atom. The molecule has 0 unspecified atom stereocenters. The van der Waals surface area contributed by atoms with E-state index in [0.717, 1.165) is 38.5 Å². The molecule has 0 saturated heterocycles. The van der Waals surface area contributed by atoms with Crippen molar-refractivity contribution in [1.29, 1.82) is 0 Å². The van der Waals surface area contributed by atoms with E-state index in [1.54, 1.807) is 0 Å². The average molecular weight is 669 g/mol. The molecule has 1 N–H and O–H groups in total. The number of hydrogen-bond acceptors (Lipinski definition) is 7. The van der Waals surface area contributed by atoms with Gasteiger partial charge in [0, 0.05) is 12.8 Å². The molecule has 0 rings (SSSR count). The Bertz CT molecular complexity index is 753. The van der Waals surface area contributed by atoms with E-state index in [-0.39, 0.29) is 38.4 Å². The van der Waals surface area contributed by atoms with E-state index < -0.39 is 24.0 Å². The van der Waals surface area contributed by atoms with Gasteiger partial charge in [-0.1, -0.05) is 168 Å². The van der Waals surface area contributed by atoms with Crippen LogP contribution >= 0.6 is 0 Å². The van der Waals surface area contributed by atoms with Gasteiger partial charge in [-0.15, -0.1) is 0 Å². The van der Waals surface area contributed by atoms with Gasteiger partial charge in [-0.2, -0.15) is 0 Å². The number of carbonyl (C=O) groups is 4. The summed E-state index contributed by atoms with van der Waals surface area (Å²) < 4.78 is 16.0. The Kier molecular flexibility index (Phi) is 33.6. The first-order valence-electron chi connectivity index (χ1n) is 19.6. The summed E-state index contributed by atoms with van der Waals surface area (Å²) in [4.78, 5) is 47.4. The second kappa shape index (κ2) is 35.2. The lowest BCUT2D eigenvalue weighted by atomic mass is 10.0. The minimum absolute atomic E-state index is 0.187. The van der Waals surface area contributed by atoms with Crippen molar-refractivity contribution in [2.24, 2.45) is 0 Å². The van der Waals surface area contributed by atoms with Crippen LogP contribution in [0.15, 0.2) is 0 Å². The smallest absolute Gasteiger partial charge is 0.306 e. The average Bonchev–Trinajstić information content (AvgIpc) is 3.05. The molecule has 0 aliphatic heterocycles. The lowest BCUT2D eigenvalue weighted by Gasteiger charge is -2.18. The van der Waals surface area contributed by atoms with Crippen LogP contribution in [0.25, 0.3) is 0 Å². The number of unbranched alkanes of at least 4 members (excludes halogenated alkanes) is 24. The molecule has 47 heavy (non-hydrogen) atoms. The largest absolute Gasteiger partial charge is 0.481 e. The number of carboxylic acids is 1. The minimum Gasteiger partial charge on any atom is -0.481 e. The number of aliphatic carboxylic acids is 1. The van der Waals surface area contributed by atoms with Gasteiger partial charge in [-0.3, -0.25) is 19.2 Å². The maximum atomic E-state index is 12.5. The summed E-state index contributed by atoms with van der Waals surface area (Å²) in [5, 5.41) is 8.78.